The van der Waals surface area contributed by atoms with Gasteiger partial charge < -0.3 is 10.2 Å². The number of benzene rings is 2. The molecule has 3 amide bonds. The van der Waals surface area contributed by atoms with E-state index in [2.05, 4.69) is 0 Å². The van der Waals surface area contributed by atoms with Gasteiger partial charge in [0, 0.05) is 13.1 Å². The van der Waals surface area contributed by atoms with Crippen LogP contribution in [0.25, 0.3) is 0 Å². The zero-order valence-corrected chi connectivity index (χ0v) is 19.6. The standard InChI is InChI=1S/C26H32N2O6/c1-19(2)16-22(25(31)32)27(26(33)34)14-9-15-28(23(29)17-20-10-5-3-6-11-20)24(30)18-21-12-7-4-8-13-21/h3-8,10-13,19,22H,9,14-18H2,1-2H3,(H,31,32)(H,33,34)/t22-/m0/s1. The van der Waals surface area contributed by atoms with Crippen LogP contribution in [0.3, 0.4) is 0 Å². The summed E-state index contributed by atoms with van der Waals surface area (Å²) in [7, 11) is 0. The molecule has 0 fully saturated rings. The van der Waals surface area contributed by atoms with Crippen LogP contribution in [-0.4, -0.2) is 63.0 Å². The summed E-state index contributed by atoms with van der Waals surface area (Å²) in [6.45, 7) is 3.53. The van der Waals surface area contributed by atoms with Crippen LogP contribution < -0.4 is 0 Å². The Hall–Kier alpha value is -3.68. The Labute approximate surface area is 199 Å². The van der Waals surface area contributed by atoms with Crippen molar-refractivity contribution in [2.45, 2.75) is 45.6 Å². The smallest absolute Gasteiger partial charge is 0.408 e. The van der Waals surface area contributed by atoms with E-state index in [0.717, 1.165) is 20.9 Å². The molecule has 34 heavy (non-hydrogen) atoms. The molecule has 1 atom stereocenters. The normalized spacial score (nSPS) is 11.6. The highest BCUT2D eigenvalue weighted by Gasteiger charge is 2.30. The lowest BCUT2D eigenvalue weighted by Gasteiger charge is -2.28. The number of hydrogen-bond acceptors (Lipinski definition) is 4. The fraction of sp³-hybridized carbons (Fsp3) is 0.385. The number of carbonyl (C=O) groups excluding carboxylic acids is 2. The van der Waals surface area contributed by atoms with Gasteiger partial charge in [0.1, 0.15) is 6.04 Å². The second-order valence-corrected chi connectivity index (χ2v) is 8.58. The molecule has 0 aliphatic rings. The number of rotatable bonds is 12. The summed E-state index contributed by atoms with van der Waals surface area (Å²) in [5, 5.41) is 19.1. The minimum atomic E-state index is -1.34. The molecule has 8 nitrogen and oxygen atoms in total. The topological polar surface area (TPSA) is 115 Å². The molecule has 8 heteroatoms. The summed E-state index contributed by atoms with van der Waals surface area (Å²) in [5.74, 6) is -2.00. The fourth-order valence-electron chi connectivity index (χ4n) is 3.71. The van der Waals surface area contributed by atoms with Crippen LogP contribution in [0.1, 0.15) is 37.8 Å². The van der Waals surface area contributed by atoms with Crippen molar-refractivity contribution >= 4 is 23.9 Å². The SMILES string of the molecule is CC(C)C[C@@H](C(=O)O)N(CCCN(C(=O)Cc1ccccc1)C(=O)Cc1ccccc1)C(=O)O. The van der Waals surface area contributed by atoms with Crippen LogP contribution in [-0.2, 0) is 27.2 Å². The fourth-order valence-corrected chi connectivity index (χ4v) is 3.71. The van der Waals surface area contributed by atoms with E-state index in [0.29, 0.717) is 0 Å². The van der Waals surface area contributed by atoms with Gasteiger partial charge in [-0.3, -0.25) is 19.4 Å². The van der Waals surface area contributed by atoms with Crippen molar-refractivity contribution in [3.05, 3.63) is 71.8 Å². The van der Waals surface area contributed by atoms with Crippen molar-refractivity contribution in [1.29, 1.82) is 0 Å². The second kappa shape index (κ2) is 13.1. The van der Waals surface area contributed by atoms with Crippen LogP contribution in [0.5, 0.6) is 0 Å². The number of carbonyl (C=O) groups is 4. The predicted octanol–water partition coefficient (Wildman–Crippen LogP) is 3.70. The lowest BCUT2D eigenvalue weighted by atomic mass is 10.0. The Balaban J connectivity index is 2.14. The van der Waals surface area contributed by atoms with Gasteiger partial charge in [0.25, 0.3) is 0 Å². The minimum absolute atomic E-state index is 0.00483. The van der Waals surface area contributed by atoms with Crippen LogP contribution in [0, 0.1) is 5.92 Å². The molecule has 0 heterocycles. The van der Waals surface area contributed by atoms with Crippen LogP contribution in [0.15, 0.2) is 60.7 Å². The van der Waals surface area contributed by atoms with Crippen molar-refractivity contribution < 1.29 is 29.4 Å². The molecular formula is C26H32N2O6. The summed E-state index contributed by atoms with van der Waals surface area (Å²) in [5.41, 5.74) is 1.53. The zero-order chi connectivity index (χ0) is 25.1. The molecule has 0 unspecified atom stereocenters. The number of carboxylic acids is 1. The maximum Gasteiger partial charge on any atom is 0.408 e. The molecular weight excluding hydrogens is 436 g/mol. The van der Waals surface area contributed by atoms with E-state index in [1.54, 1.807) is 24.3 Å². The van der Waals surface area contributed by atoms with E-state index in [1.807, 2.05) is 50.2 Å². The summed E-state index contributed by atoms with van der Waals surface area (Å²) in [4.78, 5) is 51.5. The first-order valence-electron chi connectivity index (χ1n) is 11.3. The highest BCUT2D eigenvalue weighted by atomic mass is 16.4. The van der Waals surface area contributed by atoms with Crippen molar-refractivity contribution in [3.8, 4) is 0 Å². The molecule has 0 saturated heterocycles. The van der Waals surface area contributed by atoms with Gasteiger partial charge in [-0.25, -0.2) is 9.59 Å². The summed E-state index contributed by atoms with van der Waals surface area (Å²) in [6, 6.07) is 16.9. The van der Waals surface area contributed by atoms with E-state index in [-0.39, 0.29) is 56.5 Å². The maximum absolute atomic E-state index is 13.0. The Morgan fingerprint density at radius 1 is 0.765 bits per heavy atom. The van der Waals surface area contributed by atoms with Crippen molar-refractivity contribution in [2.75, 3.05) is 13.1 Å². The molecule has 2 aromatic carbocycles. The highest BCUT2D eigenvalue weighted by Crippen LogP contribution is 2.14. The maximum atomic E-state index is 13.0. The van der Waals surface area contributed by atoms with Gasteiger partial charge in [-0.05, 0) is 29.9 Å². The molecule has 2 N–H and O–H groups in total. The van der Waals surface area contributed by atoms with Crippen molar-refractivity contribution in [2.24, 2.45) is 5.92 Å². The molecule has 0 aliphatic heterocycles. The number of carboxylic acid groups (broad SMARTS) is 2. The zero-order valence-electron chi connectivity index (χ0n) is 19.6. The molecule has 0 bridgehead atoms. The first-order chi connectivity index (χ1) is 16.2. The van der Waals surface area contributed by atoms with E-state index in [1.165, 1.54) is 0 Å². The molecule has 182 valence electrons. The van der Waals surface area contributed by atoms with Gasteiger partial charge in [-0.15, -0.1) is 0 Å². The number of hydrogen-bond donors (Lipinski definition) is 2. The highest BCUT2D eigenvalue weighted by molar-refractivity contribution is 5.97. The summed E-state index contributed by atoms with van der Waals surface area (Å²) >= 11 is 0. The summed E-state index contributed by atoms with van der Waals surface area (Å²) < 4.78 is 0. The predicted molar refractivity (Wildman–Crippen MR) is 127 cm³/mol. The Bertz CT molecular complexity index is 908. The van der Waals surface area contributed by atoms with E-state index in [4.69, 9.17) is 0 Å². The third-order valence-corrected chi connectivity index (χ3v) is 5.38. The lowest BCUT2D eigenvalue weighted by Crippen LogP contribution is -2.47. The second-order valence-electron chi connectivity index (χ2n) is 8.58. The molecule has 0 aromatic heterocycles. The summed E-state index contributed by atoms with van der Waals surface area (Å²) in [6.07, 6.45) is -0.962. The lowest BCUT2D eigenvalue weighted by molar-refractivity contribution is -0.145. The molecule has 0 saturated carbocycles. The van der Waals surface area contributed by atoms with E-state index in [9.17, 15) is 29.4 Å². The number of aliphatic carboxylic acids is 1. The molecule has 2 rings (SSSR count). The quantitative estimate of drug-likeness (QED) is 0.491. The van der Waals surface area contributed by atoms with Gasteiger partial charge in [0.2, 0.25) is 11.8 Å². The van der Waals surface area contributed by atoms with Gasteiger partial charge in [-0.1, -0.05) is 74.5 Å². The molecule has 0 radical (unpaired) electrons. The Kier molecular flexibility index (Phi) is 10.3. The largest absolute Gasteiger partial charge is 0.480 e. The van der Waals surface area contributed by atoms with Crippen LogP contribution in [0.4, 0.5) is 4.79 Å². The average molecular weight is 469 g/mol. The Morgan fingerprint density at radius 3 is 1.62 bits per heavy atom. The molecule has 0 spiro atoms. The molecule has 2 aromatic rings. The number of amides is 3. The Morgan fingerprint density at radius 2 is 1.24 bits per heavy atom. The van der Waals surface area contributed by atoms with Gasteiger partial charge in [0.15, 0.2) is 0 Å². The third kappa shape index (κ3) is 8.35. The van der Waals surface area contributed by atoms with E-state index >= 15 is 0 Å². The van der Waals surface area contributed by atoms with Crippen LogP contribution in [0.2, 0.25) is 0 Å². The monoisotopic (exact) mass is 468 g/mol. The van der Waals surface area contributed by atoms with Gasteiger partial charge in [-0.2, -0.15) is 0 Å². The van der Waals surface area contributed by atoms with Gasteiger partial charge in [0.05, 0.1) is 12.8 Å². The first kappa shape index (κ1) is 26.6. The number of imide groups is 1. The van der Waals surface area contributed by atoms with E-state index < -0.39 is 18.1 Å². The third-order valence-electron chi connectivity index (χ3n) is 5.38. The van der Waals surface area contributed by atoms with Gasteiger partial charge >= 0.3 is 12.1 Å². The number of nitrogens with zero attached hydrogens (tertiary/aromatic N) is 2. The van der Waals surface area contributed by atoms with Crippen molar-refractivity contribution in [3.63, 3.8) is 0 Å². The first-order valence-corrected chi connectivity index (χ1v) is 11.3. The van der Waals surface area contributed by atoms with Crippen LogP contribution >= 0.6 is 0 Å². The average Bonchev–Trinajstić information content (AvgIpc) is 2.78. The van der Waals surface area contributed by atoms with Crippen molar-refractivity contribution in [1.82, 2.24) is 9.80 Å². The minimum Gasteiger partial charge on any atom is -0.480 e. The molecule has 0 aliphatic carbocycles.